The number of fused-ring (bicyclic) bond motifs is 1. The number of amides is 1. The Labute approximate surface area is 150 Å². The van der Waals surface area contributed by atoms with Crippen molar-refractivity contribution in [1.82, 2.24) is 4.90 Å². The average molecular weight is 394 g/mol. The Morgan fingerprint density at radius 2 is 2.04 bits per heavy atom. The monoisotopic (exact) mass is 394 g/mol. The van der Waals surface area contributed by atoms with Crippen LogP contribution in [0.2, 0.25) is 0 Å². The number of nitrogens with zero attached hydrogens (tertiary/aromatic N) is 1. The lowest BCUT2D eigenvalue weighted by Crippen LogP contribution is -2.64. The van der Waals surface area contributed by atoms with E-state index in [1.54, 1.807) is 0 Å². The summed E-state index contributed by atoms with van der Waals surface area (Å²) < 4.78 is 28.7. The highest BCUT2D eigenvalue weighted by Crippen LogP contribution is 2.48. The van der Waals surface area contributed by atoms with Crippen LogP contribution in [-0.2, 0) is 29.0 Å². The molecule has 0 aromatic rings. The van der Waals surface area contributed by atoms with E-state index >= 15 is 0 Å². The van der Waals surface area contributed by atoms with E-state index < -0.39 is 62.4 Å². The van der Waals surface area contributed by atoms with Gasteiger partial charge >= 0.3 is 11.9 Å². The highest BCUT2D eigenvalue weighted by molar-refractivity contribution is 7.98. The summed E-state index contributed by atoms with van der Waals surface area (Å²) in [7, 11) is -3.93. The van der Waals surface area contributed by atoms with E-state index in [1.807, 2.05) is 6.26 Å². The van der Waals surface area contributed by atoms with Gasteiger partial charge in [0.2, 0.25) is 5.91 Å². The minimum absolute atomic E-state index is 0.403. The van der Waals surface area contributed by atoms with Crippen LogP contribution < -0.4 is 5.73 Å². The third-order valence-corrected chi connectivity index (χ3v) is 8.28. The second-order valence-corrected chi connectivity index (χ2v) is 10.3. The number of hydrogen-bond donors (Lipinski definition) is 2. The summed E-state index contributed by atoms with van der Waals surface area (Å²) in [4.78, 5) is 36.4. The Balaban J connectivity index is 2.10. The van der Waals surface area contributed by atoms with Crippen LogP contribution in [0.15, 0.2) is 0 Å². The second kappa shape index (κ2) is 6.76. The van der Waals surface area contributed by atoms with Crippen molar-refractivity contribution in [3.05, 3.63) is 0 Å². The summed E-state index contributed by atoms with van der Waals surface area (Å²) in [6, 6.07) is -2.30. The Morgan fingerprint density at radius 3 is 2.56 bits per heavy atom. The molecule has 0 spiro atoms. The van der Waals surface area contributed by atoms with Crippen molar-refractivity contribution >= 4 is 39.4 Å². The van der Waals surface area contributed by atoms with Crippen LogP contribution >= 0.6 is 11.8 Å². The molecular formula is C14H22N2O7S2. The van der Waals surface area contributed by atoms with Crippen LogP contribution in [0.1, 0.15) is 20.3 Å². The maximum atomic E-state index is 12.6. The summed E-state index contributed by atoms with van der Waals surface area (Å²) in [6.45, 7) is 2.15. The molecule has 2 saturated heterocycles. The lowest BCUT2D eigenvalue weighted by molar-refractivity contribution is -0.169. The van der Waals surface area contributed by atoms with Crippen molar-refractivity contribution in [2.75, 3.05) is 18.6 Å². The van der Waals surface area contributed by atoms with Gasteiger partial charge in [0.25, 0.3) is 0 Å². The average Bonchev–Trinajstić information content (AvgIpc) is 2.66. The van der Waals surface area contributed by atoms with Gasteiger partial charge in [-0.2, -0.15) is 11.8 Å². The van der Waals surface area contributed by atoms with E-state index in [9.17, 15) is 27.9 Å². The van der Waals surface area contributed by atoms with E-state index in [0.29, 0.717) is 12.2 Å². The minimum atomic E-state index is -3.93. The molecule has 0 radical (unpaired) electrons. The van der Waals surface area contributed by atoms with Gasteiger partial charge in [0.05, 0.1) is 4.75 Å². The molecule has 0 aromatic carbocycles. The Kier molecular flexibility index (Phi) is 5.41. The molecular weight excluding hydrogens is 372 g/mol. The Bertz CT molecular complexity index is 691. The number of ether oxygens (including phenoxy) is 1. The lowest BCUT2D eigenvalue weighted by atomic mass is 9.92. The van der Waals surface area contributed by atoms with Crippen LogP contribution in [0.25, 0.3) is 0 Å². The summed E-state index contributed by atoms with van der Waals surface area (Å²) in [6.07, 6.45) is 2.27. The third kappa shape index (κ3) is 3.02. The molecule has 142 valence electrons. The molecule has 25 heavy (non-hydrogen) atoms. The summed E-state index contributed by atoms with van der Waals surface area (Å²) in [5, 5.41) is 8.03. The molecule has 2 fully saturated rings. The highest BCUT2D eigenvalue weighted by atomic mass is 32.2. The van der Waals surface area contributed by atoms with E-state index in [-0.39, 0.29) is 0 Å². The number of nitrogens with two attached hydrogens (primary N) is 1. The minimum Gasteiger partial charge on any atom is -0.480 e. The number of sulfone groups is 1. The molecule has 2 aliphatic heterocycles. The number of carbonyl (C=O) groups excluding carboxylic acids is 2. The largest absolute Gasteiger partial charge is 0.480 e. The smallest absolute Gasteiger partial charge is 0.328 e. The normalized spacial score (nSPS) is 30.3. The van der Waals surface area contributed by atoms with Gasteiger partial charge in [0.1, 0.15) is 24.6 Å². The molecule has 2 heterocycles. The fourth-order valence-corrected chi connectivity index (χ4v) is 5.99. The number of carbonyl (C=O) groups is 3. The van der Waals surface area contributed by atoms with E-state index in [4.69, 9.17) is 10.5 Å². The van der Waals surface area contributed by atoms with Gasteiger partial charge in [-0.1, -0.05) is 0 Å². The van der Waals surface area contributed by atoms with E-state index in [0.717, 1.165) is 4.90 Å². The van der Waals surface area contributed by atoms with Crippen LogP contribution in [0.4, 0.5) is 0 Å². The molecule has 0 unspecified atom stereocenters. The molecule has 0 saturated carbocycles. The molecule has 2 rings (SSSR count). The van der Waals surface area contributed by atoms with Crippen molar-refractivity contribution < 1.29 is 32.6 Å². The fourth-order valence-electron chi connectivity index (χ4n) is 3.20. The summed E-state index contributed by atoms with van der Waals surface area (Å²) >= 11 is 1.52. The highest BCUT2D eigenvalue weighted by Gasteiger charge is 2.72. The van der Waals surface area contributed by atoms with Gasteiger partial charge in [-0.3, -0.25) is 9.59 Å². The van der Waals surface area contributed by atoms with E-state index in [1.165, 1.54) is 25.6 Å². The molecule has 0 aromatic heterocycles. The first kappa shape index (κ1) is 20.0. The quantitative estimate of drug-likeness (QED) is 0.412. The standard InChI is InChI=1S/C14H22N2O7S2/c1-14(2)9(12(18)19)16-10(17)7(11(16)25(14,21)22)6-23-13(20)8(15)4-5-24-3/h7-9,11H,4-6,15H2,1-3H3,(H,18,19)/t7-,8-,9-,11+/m0/s1. The predicted octanol–water partition coefficient (Wildman–Crippen LogP) is -0.945. The third-order valence-electron chi connectivity index (χ3n) is 4.75. The Morgan fingerprint density at radius 1 is 1.44 bits per heavy atom. The first-order valence-electron chi connectivity index (χ1n) is 7.68. The number of carboxylic acids is 1. The van der Waals surface area contributed by atoms with Crippen molar-refractivity contribution in [3.8, 4) is 0 Å². The maximum absolute atomic E-state index is 12.6. The molecule has 2 aliphatic rings. The molecule has 9 nitrogen and oxygen atoms in total. The molecule has 1 amide bonds. The topological polar surface area (TPSA) is 144 Å². The maximum Gasteiger partial charge on any atom is 0.328 e. The van der Waals surface area contributed by atoms with Crippen LogP contribution in [-0.4, -0.2) is 77.1 Å². The van der Waals surface area contributed by atoms with E-state index in [2.05, 4.69) is 0 Å². The second-order valence-electron chi connectivity index (χ2n) is 6.65. The number of carboxylic acid groups (broad SMARTS) is 1. The zero-order valence-electron chi connectivity index (χ0n) is 14.2. The molecule has 3 N–H and O–H groups in total. The van der Waals surface area contributed by atoms with Crippen LogP contribution in [0, 0.1) is 5.92 Å². The van der Waals surface area contributed by atoms with Gasteiger partial charge in [-0.15, -0.1) is 0 Å². The van der Waals surface area contributed by atoms with Crippen molar-refractivity contribution in [2.24, 2.45) is 11.7 Å². The number of aliphatic carboxylic acids is 1. The molecule has 0 bridgehead atoms. The fraction of sp³-hybridized carbons (Fsp3) is 0.786. The number of β-lactam (4-membered cyclic amide) rings is 1. The molecule has 4 atom stereocenters. The number of thioether (sulfide) groups is 1. The number of esters is 1. The van der Waals surface area contributed by atoms with Gasteiger partial charge in [-0.05, 0) is 32.3 Å². The van der Waals surface area contributed by atoms with Crippen molar-refractivity contribution in [3.63, 3.8) is 0 Å². The van der Waals surface area contributed by atoms with Gasteiger partial charge in [0, 0.05) is 0 Å². The van der Waals surface area contributed by atoms with Crippen molar-refractivity contribution in [2.45, 2.75) is 42.5 Å². The summed E-state index contributed by atoms with van der Waals surface area (Å²) in [5.41, 5.74) is 5.67. The first-order chi connectivity index (χ1) is 11.5. The SMILES string of the molecule is CSCC[C@H](N)C(=O)OC[C@H]1C(=O)N2[C@@H](C(=O)O)C(C)(C)S(=O)(=O)[C@H]12. The van der Waals surface area contributed by atoms with Gasteiger partial charge in [-0.25, -0.2) is 13.2 Å². The predicted molar refractivity (Wildman–Crippen MR) is 90.5 cm³/mol. The van der Waals surface area contributed by atoms with Gasteiger partial charge in [0.15, 0.2) is 15.2 Å². The zero-order valence-corrected chi connectivity index (χ0v) is 15.8. The number of hydrogen-bond acceptors (Lipinski definition) is 8. The summed E-state index contributed by atoms with van der Waals surface area (Å²) in [5.74, 6) is -3.15. The van der Waals surface area contributed by atoms with Crippen LogP contribution in [0.5, 0.6) is 0 Å². The van der Waals surface area contributed by atoms with Crippen molar-refractivity contribution in [1.29, 1.82) is 0 Å². The molecule has 11 heteroatoms. The first-order valence-corrected chi connectivity index (χ1v) is 10.6. The lowest BCUT2D eigenvalue weighted by Gasteiger charge is -2.42. The van der Waals surface area contributed by atoms with Gasteiger partial charge < -0.3 is 20.5 Å². The molecule has 0 aliphatic carbocycles. The number of rotatable bonds is 7. The van der Waals surface area contributed by atoms with Crippen LogP contribution in [0.3, 0.4) is 0 Å². The zero-order chi connectivity index (χ0) is 19.2. The Hall–Kier alpha value is -1.33.